The average Bonchev–Trinajstić information content (AvgIpc) is 2.58. The van der Waals surface area contributed by atoms with Gasteiger partial charge in [0.25, 0.3) is 0 Å². The molecule has 7 heteroatoms. The van der Waals surface area contributed by atoms with Gasteiger partial charge in [-0.05, 0) is 63.6 Å². The van der Waals surface area contributed by atoms with E-state index in [2.05, 4.69) is 21.2 Å². The van der Waals surface area contributed by atoms with Crippen molar-refractivity contribution >= 4 is 44.0 Å². The number of benzene rings is 2. The fourth-order valence-corrected chi connectivity index (χ4v) is 3.11. The third kappa shape index (κ3) is 4.65. The number of rotatable bonds is 4. The van der Waals surface area contributed by atoms with E-state index < -0.39 is 11.7 Å². The van der Waals surface area contributed by atoms with Gasteiger partial charge < -0.3 is 19.2 Å². The molecular formula is C21H22BrNO5. The third-order valence-corrected chi connectivity index (χ3v) is 4.37. The van der Waals surface area contributed by atoms with Crippen LogP contribution in [0.5, 0.6) is 5.75 Å². The van der Waals surface area contributed by atoms with Crippen LogP contribution in [-0.2, 0) is 4.74 Å². The van der Waals surface area contributed by atoms with Gasteiger partial charge in [0.2, 0.25) is 5.43 Å². The highest BCUT2D eigenvalue weighted by Gasteiger charge is 2.16. The first-order valence-electron chi connectivity index (χ1n) is 8.90. The maximum atomic E-state index is 12.9. The van der Waals surface area contributed by atoms with Crippen LogP contribution in [-0.4, -0.2) is 24.8 Å². The molecule has 1 aromatic heterocycles. The Hall–Kier alpha value is -2.54. The molecular weight excluding hydrogens is 426 g/mol. The standard InChI is InChI=1S/C21H22BrNO5/c1-12-9-15-18(24)14-6-5-13(22)11-16(14)27-19(15)17(10-12)26-8-7-23-20(25)28-21(2,3)4/h5-6,9-11H,7-8H2,1-4H3,(H,23,25). The normalized spacial score (nSPS) is 11.6. The summed E-state index contributed by atoms with van der Waals surface area (Å²) >= 11 is 3.39. The van der Waals surface area contributed by atoms with Crippen molar-refractivity contribution in [3.8, 4) is 5.75 Å². The van der Waals surface area contributed by atoms with Gasteiger partial charge in [-0.25, -0.2) is 4.79 Å². The van der Waals surface area contributed by atoms with E-state index in [0.717, 1.165) is 10.0 Å². The second-order valence-electron chi connectivity index (χ2n) is 7.49. The molecule has 0 radical (unpaired) electrons. The van der Waals surface area contributed by atoms with Gasteiger partial charge in [-0.2, -0.15) is 0 Å². The van der Waals surface area contributed by atoms with Crippen LogP contribution >= 0.6 is 15.9 Å². The molecule has 0 spiro atoms. The number of amides is 1. The van der Waals surface area contributed by atoms with Gasteiger partial charge >= 0.3 is 6.09 Å². The number of fused-ring (bicyclic) bond motifs is 2. The van der Waals surface area contributed by atoms with Crippen molar-refractivity contribution in [1.29, 1.82) is 0 Å². The smallest absolute Gasteiger partial charge is 0.407 e. The number of carbonyl (C=O) groups excluding carboxylic acids is 1. The van der Waals surface area contributed by atoms with Crippen LogP contribution in [0.2, 0.25) is 0 Å². The lowest BCUT2D eigenvalue weighted by molar-refractivity contribution is 0.0520. The Kier molecular flexibility index (Phi) is 5.65. The first-order chi connectivity index (χ1) is 13.1. The van der Waals surface area contributed by atoms with Crippen LogP contribution in [0.3, 0.4) is 0 Å². The summed E-state index contributed by atoms with van der Waals surface area (Å²) in [4.78, 5) is 24.6. The van der Waals surface area contributed by atoms with Crippen LogP contribution in [0.25, 0.3) is 21.9 Å². The molecule has 0 bridgehead atoms. The van der Waals surface area contributed by atoms with Crippen molar-refractivity contribution in [2.24, 2.45) is 0 Å². The summed E-state index contributed by atoms with van der Waals surface area (Å²) in [6.07, 6.45) is -0.507. The van der Waals surface area contributed by atoms with Crippen LogP contribution in [0, 0.1) is 6.92 Å². The van der Waals surface area contributed by atoms with E-state index in [9.17, 15) is 9.59 Å². The van der Waals surface area contributed by atoms with Crippen molar-refractivity contribution in [2.75, 3.05) is 13.2 Å². The molecule has 2 aromatic carbocycles. The lowest BCUT2D eigenvalue weighted by atomic mass is 10.1. The Morgan fingerprint density at radius 3 is 2.64 bits per heavy atom. The summed E-state index contributed by atoms with van der Waals surface area (Å²) in [5.41, 5.74) is 1.08. The quantitative estimate of drug-likeness (QED) is 0.453. The zero-order valence-corrected chi connectivity index (χ0v) is 17.8. The van der Waals surface area contributed by atoms with E-state index in [1.165, 1.54) is 0 Å². The summed E-state index contributed by atoms with van der Waals surface area (Å²) in [6.45, 7) is 7.74. The third-order valence-electron chi connectivity index (χ3n) is 3.87. The molecule has 148 valence electrons. The van der Waals surface area contributed by atoms with Crippen LogP contribution in [0.4, 0.5) is 4.79 Å². The molecule has 3 aromatic rings. The number of carbonyl (C=O) groups is 1. The van der Waals surface area contributed by atoms with Crippen molar-refractivity contribution in [3.05, 3.63) is 50.6 Å². The molecule has 0 atom stereocenters. The zero-order chi connectivity index (χ0) is 20.5. The number of ether oxygens (including phenoxy) is 2. The SMILES string of the molecule is Cc1cc(OCCNC(=O)OC(C)(C)C)c2oc3cc(Br)ccc3c(=O)c2c1. The number of halogens is 1. The average molecular weight is 448 g/mol. The monoisotopic (exact) mass is 447 g/mol. The Bertz CT molecular complexity index is 1100. The van der Waals surface area contributed by atoms with E-state index in [-0.39, 0.29) is 18.6 Å². The molecule has 1 N–H and O–H groups in total. The van der Waals surface area contributed by atoms with E-state index >= 15 is 0 Å². The second kappa shape index (κ2) is 7.83. The maximum Gasteiger partial charge on any atom is 0.407 e. The highest BCUT2D eigenvalue weighted by molar-refractivity contribution is 9.10. The van der Waals surface area contributed by atoms with Gasteiger partial charge in [-0.15, -0.1) is 0 Å². The number of hydrogen-bond donors (Lipinski definition) is 1. The molecule has 0 unspecified atom stereocenters. The second-order valence-corrected chi connectivity index (χ2v) is 8.40. The summed E-state index contributed by atoms with van der Waals surface area (Å²) in [6, 6.07) is 8.89. The summed E-state index contributed by atoms with van der Waals surface area (Å²) in [7, 11) is 0. The van der Waals surface area contributed by atoms with Gasteiger partial charge in [0, 0.05) is 4.47 Å². The lowest BCUT2D eigenvalue weighted by Crippen LogP contribution is -2.34. The molecule has 1 amide bonds. The summed E-state index contributed by atoms with van der Waals surface area (Å²) in [5.74, 6) is 0.458. The minimum atomic E-state index is -0.559. The topological polar surface area (TPSA) is 77.8 Å². The number of nitrogens with one attached hydrogen (secondary N) is 1. The van der Waals surface area contributed by atoms with Gasteiger partial charge in [0.05, 0.1) is 17.3 Å². The minimum absolute atomic E-state index is 0.107. The molecule has 1 heterocycles. The van der Waals surface area contributed by atoms with E-state index in [0.29, 0.717) is 27.7 Å². The molecule has 0 aliphatic rings. The number of alkyl carbamates (subject to hydrolysis) is 1. The maximum absolute atomic E-state index is 12.9. The Morgan fingerprint density at radius 2 is 1.93 bits per heavy atom. The van der Waals surface area contributed by atoms with Gasteiger partial charge in [-0.3, -0.25) is 4.79 Å². The van der Waals surface area contributed by atoms with Crippen molar-refractivity contribution < 1.29 is 18.7 Å². The summed E-state index contributed by atoms with van der Waals surface area (Å²) in [5, 5.41) is 3.61. The van der Waals surface area contributed by atoms with Crippen LogP contribution in [0.15, 0.2) is 44.0 Å². The first-order valence-corrected chi connectivity index (χ1v) is 9.70. The van der Waals surface area contributed by atoms with Gasteiger partial charge in [0.1, 0.15) is 17.8 Å². The number of hydrogen-bond acceptors (Lipinski definition) is 5. The molecule has 0 saturated carbocycles. The minimum Gasteiger partial charge on any atom is -0.488 e. The van der Waals surface area contributed by atoms with Gasteiger partial charge in [0.15, 0.2) is 11.3 Å². The molecule has 0 aliphatic carbocycles. The number of aryl methyl sites for hydroxylation is 1. The van der Waals surface area contributed by atoms with Crippen molar-refractivity contribution in [3.63, 3.8) is 0 Å². The largest absolute Gasteiger partial charge is 0.488 e. The van der Waals surface area contributed by atoms with Gasteiger partial charge in [-0.1, -0.05) is 15.9 Å². The fourth-order valence-electron chi connectivity index (χ4n) is 2.77. The van der Waals surface area contributed by atoms with Crippen LogP contribution < -0.4 is 15.5 Å². The zero-order valence-electron chi connectivity index (χ0n) is 16.2. The molecule has 6 nitrogen and oxygen atoms in total. The molecule has 28 heavy (non-hydrogen) atoms. The highest BCUT2D eigenvalue weighted by Crippen LogP contribution is 2.29. The highest BCUT2D eigenvalue weighted by atomic mass is 79.9. The molecule has 3 rings (SSSR count). The van der Waals surface area contributed by atoms with E-state index in [1.54, 1.807) is 45.0 Å². The Morgan fingerprint density at radius 1 is 1.18 bits per heavy atom. The predicted molar refractivity (Wildman–Crippen MR) is 112 cm³/mol. The van der Waals surface area contributed by atoms with Crippen molar-refractivity contribution in [1.82, 2.24) is 5.32 Å². The van der Waals surface area contributed by atoms with Crippen molar-refractivity contribution in [2.45, 2.75) is 33.3 Å². The molecule has 0 saturated heterocycles. The molecule has 0 aliphatic heterocycles. The fraction of sp³-hybridized carbons (Fsp3) is 0.333. The lowest BCUT2D eigenvalue weighted by Gasteiger charge is -2.19. The Labute approximate surface area is 170 Å². The predicted octanol–water partition coefficient (Wildman–Crippen LogP) is 4.92. The molecule has 0 fully saturated rings. The first kappa shape index (κ1) is 20.2. The summed E-state index contributed by atoms with van der Waals surface area (Å²) < 4.78 is 17.8. The van der Waals surface area contributed by atoms with Crippen LogP contribution in [0.1, 0.15) is 26.3 Å². The van der Waals surface area contributed by atoms with E-state index in [1.807, 2.05) is 13.0 Å². The Balaban J connectivity index is 1.84. The van der Waals surface area contributed by atoms with E-state index in [4.69, 9.17) is 13.9 Å².